The van der Waals surface area contributed by atoms with Crippen LogP contribution >= 0.6 is 0 Å². The first kappa shape index (κ1) is 24.1. The predicted octanol–water partition coefficient (Wildman–Crippen LogP) is 5.67. The van der Waals surface area contributed by atoms with E-state index in [9.17, 15) is 35.9 Å². The van der Waals surface area contributed by atoms with E-state index in [1.807, 2.05) is 0 Å². The summed E-state index contributed by atoms with van der Waals surface area (Å²) >= 11 is 0. The average Bonchev–Trinajstić information content (AvgIpc) is 3.13. The minimum atomic E-state index is -4.78. The van der Waals surface area contributed by atoms with Gasteiger partial charge in [-0.15, -0.1) is 0 Å². The molecule has 2 aromatic carbocycles. The molecule has 2 heterocycles. The molecule has 0 aliphatic carbocycles. The standard InChI is InChI=1S/C24H22F6N2O2/c1-5-31-17-13(9-7-11-15(17)23(25,26)27)21(3,19(31)33)22(4)14-10-8-12-16(24(28,29)30)18(14)32(6-2)20(22)34/h7-12H,5-6H2,1-4H3. The zero-order valence-corrected chi connectivity index (χ0v) is 18.9. The summed E-state index contributed by atoms with van der Waals surface area (Å²) in [4.78, 5) is 29.5. The maximum absolute atomic E-state index is 13.9. The number of rotatable bonds is 3. The summed E-state index contributed by atoms with van der Waals surface area (Å²) in [5.74, 6) is -1.53. The van der Waals surface area contributed by atoms with Crippen molar-refractivity contribution in [1.29, 1.82) is 0 Å². The molecule has 0 saturated carbocycles. The first-order valence-corrected chi connectivity index (χ1v) is 10.7. The molecule has 2 amide bonds. The Morgan fingerprint density at radius 1 is 0.676 bits per heavy atom. The van der Waals surface area contributed by atoms with Crippen LogP contribution in [0.15, 0.2) is 36.4 Å². The van der Waals surface area contributed by atoms with Gasteiger partial charge in [-0.1, -0.05) is 24.3 Å². The molecule has 0 bridgehead atoms. The quantitative estimate of drug-likeness (QED) is 0.527. The largest absolute Gasteiger partial charge is 0.418 e. The number of benzene rings is 2. The molecule has 0 spiro atoms. The number of para-hydroxylation sites is 2. The van der Waals surface area contributed by atoms with Crippen LogP contribution in [0, 0.1) is 0 Å². The van der Waals surface area contributed by atoms with Crippen molar-refractivity contribution < 1.29 is 35.9 Å². The van der Waals surface area contributed by atoms with Gasteiger partial charge in [0.1, 0.15) is 0 Å². The molecule has 4 nitrogen and oxygen atoms in total. The van der Waals surface area contributed by atoms with Crippen LogP contribution in [0.2, 0.25) is 0 Å². The van der Waals surface area contributed by atoms with Crippen molar-refractivity contribution in [1.82, 2.24) is 0 Å². The number of nitrogens with zero attached hydrogens (tertiary/aromatic N) is 2. The maximum Gasteiger partial charge on any atom is 0.418 e. The summed E-state index contributed by atoms with van der Waals surface area (Å²) in [6.45, 7) is 5.51. The van der Waals surface area contributed by atoms with E-state index in [-0.39, 0.29) is 35.6 Å². The van der Waals surface area contributed by atoms with Crippen LogP contribution in [0.25, 0.3) is 0 Å². The molecule has 10 heteroatoms. The van der Waals surface area contributed by atoms with Crippen LogP contribution in [0.5, 0.6) is 0 Å². The number of likely N-dealkylation sites (N-methyl/N-ethyl adjacent to an activating group) is 2. The summed E-state index contributed by atoms with van der Waals surface area (Å²) in [6.07, 6.45) is -9.55. The molecule has 0 aromatic heterocycles. The fraction of sp³-hybridized carbons (Fsp3) is 0.417. The Morgan fingerprint density at radius 3 is 1.26 bits per heavy atom. The van der Waals surface area contributed by atoms with Crippen LogP contribution < -0.4 is 9.80 Å². The van der Waals surface area contributed by atoms with Gasteiger partial charge in [-0.3, -0.25) is 9.59 Å². The number of anilines is 2. The Bertz CT molecular complexity index is 1110. The van der Waals surface area contributed by atoms with Crippen LogP contribution in [0.3, 0.4) is 0 Å². The Morgan fingerprint density at radius 2 is 1.00 bits per heavy atom. The molecule has 2 unspecified atom stereocenters. The van der Waals surface area contributed by atoms with Gasteiger partial charge < -0.3 is 9.80 Å². The number of halogens is 6. The second-order valence-electron chi connectivity index (χ2n) is 8.75. The summed E-state index contributed by atoms with van der Waals surface area (Å²) in [5.41, 5.74) is -6.61. The van der Waals surface area contributed by atoms with Gasteiger partial charge in [0.25, 0.3) is 0 Å². The van der Waals surface area contributed by atoms with Gasteiger partial charge in [-0.25, -0.2) is 0 Å². The summed E-state index contributed by atoms with van der Waals surface area (Å²) in [7, 11) is 0. The number of carbonyl (C=O) groups excluding carboxylic acids is 2. The van der Waals surface area contributed by atoms with E-state index in [2.05, 4.69) is 0 Å². The van der Waals surface area contributed by atoms with E-state index in [4.69, 9.17) is 0 Å². The van der Waals surface area contributed by atoms with Crippen molar-refractivity contribution in [3.8, 4) is 0 Å². The summed E-state index contributed by atoms with van der Waals surface area (Å²) in [5, 5.41) is 0. The second-order valence-corrected chi connectivity index (χ2v) is 8.75. The first-order chi connectivity index (χ1) is 15.7. The number of carbonyl (C=O) groups is 2. The number of amides is 2. The van der Waals surface area contributed by atoms with Crippen LogP contribution in [0.4, 0.5) is 37.7 Å². The molecular weight excluding hydrogens is 462 g/mol. The Labute approximate surface area is 192 Å². The highest BCUT2D eigenvalue weighted by molar-refractivity contribution is 6.19. The fourth-order valence-corrected chi connectivity index (χ4v) is 5.48. The Balaban J connectivity index is 2.09. The highest BCUT2D eigenvalue weighted by Crippen LogP contribution is 2.60. The van der Waals surface area contributed by atoms with E-state index in [0.29, 0.717) is 0 Å². The van der Waals surface area contributed by atoms with E-state index in [1.54, 1.807) is 0 Å². The van der Waals surface area contributed by atoms with Gasteiger partial charge >= 0.3 is 12.4 Å². The van der Waals surface area contributed by atoms with Crippen LogP contribution in [-0.4, -0.2) is 24.9 Å². The Kier molecular flexibility index (Phi) is 5.12. The zero-order valence-electron chi connectivity index (χ0n) is 18.9. The minimum absolute atomic E-state index is 0.0358. The topological polar surface area (TPSA) is 40.6 Å². The molecule has 34 heavy (non-hydrogen) atoms. The lowest BCUT2D eigenvalue weighted by atomic mass is 9.59. The molecular formula is C24H22F6N2O2. The lowest BCUT2D eigenvalue weighted by molar-refractivity contribution is -0.138. The van der Waals surface area contributed by atoms with E-state index < -0.39 is 46.1 Å². The normalized spacial score (nSPS) is 24.6. The molecule has 4 rings (SSSR count). The van der Waals surface area contributed by atoms with E-state index in [0.717, 1.165) is 34.1 Å². The van der Waals surface area contributed by atoms with Crippen molar-refractivity contribution in [2.24, 2.45) is 0 Å². The lowest BCUT2D eigenvalue weighted by Crippen LogP contribution is -2.56. The molecule has 182 valence electrons. The van der Waals surface area contributed by atoms with Crippen LogP contribution in [-0.2, 0) is 32.8 Å². The summed E-state index contributed by atoms with van der Waals surface area (Å²) in [6, 6.07) is 6.71. The number of hydrogen-bond donors (Lipinski definition) is 0. The SMILES string of the molecule is CCN1C(=O)C(C)(C2(C)C(=O)N(CC)c3c(C(F)(F)F)cccc32)c2cccc(C(F)(F)F)c21. The van der Waals surface area contributed by atoms with Crippen molar-refractivity contribution in [3.63, 3.8) is 0 Å². The highest BCUT2D eigenvalue weighted by Gasteiger charge is 2.67. The number of hydrogen-bond acceptors (Lipinski definition) is 2. The van der Waals surface area contributed by atoms with Crippen molar-refractivity contribution in [2.75, 3.05) is 22.9 Å². The highest BCUT2D eigenvalue weighted by atomic mass is 19.4. The molecule has 0 N–H and O–H groups in total. The summed E-state index contributed by atoms with van der Waals surface area (Å²) < 4.78 is 83.3. The monoisotopic (exact) mass is 484 g/mol. The lowest BCUT2D eigenvalue weighted by Gasteiger charge is -2.39. The fourth-order valence-electron chi connectivity index (χ4n) is 5.48. The minimum Gasteiger partial charge on any atom is -0.311 e. The van der Waals surface area contributed by atoms with Crippen molar-refractivity contribution >= 4 is 23.2 Å². The first-order valence-electron chi connectivity index (χ1n) is 10.7. The number of fused-ring (bicyclic) bond motifs is 2. The zero-order chi connectivity index (χ0) is 25.4. The van der Waals surface area contributed by atoms with E-state index >= 15 is 0 Å². The van der Waals surface area contributed by atoms with Gasteiger partial charge in [0, 0.05) is 13.1 Å². The van der Waals surface area contributed by atoms with Gasteiger partial charge in [0.05, 0.1) is 33.3 Å². The van der Waals surface area contributed by atoms with Gasteiger partial charge in [-0.2, -0.15) is 26.3 Å². The van der Waals surface area contributed by atoms with Crippen molar-refractivity contribution in [2.45, 2.75) is 50.9 Å². The third kappa shape index (κ3) is 2.80. The van der Waals surface area contributed by atoms with Gasteiger partial charge in [0.15, 0.2) is 0 Å². The molecule has 2 aliphatic rings. The third-order valence-electron chi connectivity index (χ3n) is 7.28. The molecule has 2 aromatic rings. The van der Waals surface area contributed by atoms with Gasteiger partial charge in [-0.05, 0) is 51.0 Å². The third-order valence-corrected chi connectivity index (χ3v) is 7.28. The molecule has 2 atom stereocenters. The van der Waals surface area contributed by atoms with Crippen molar-refractivity contribution in [3.05, 3.63) is 58.7 Å². The van der Waals surface area contributed by atoms with E-state index in [1.165, 1.54) is 39.8 Å². The molecule has 2 aliphatic heterocycles. The Hall–Kier alpha value is -3.04. The average molecular weight is 484 g/mol. The smallest absolute Gasteiger partial charge is 0.311 e. The number of alkyl halides is 6. The van der Waals surface area contributed by atoms with Gasteiger partial charge in [0.2, 0.25) is 11.8 Å². The molecule has 0 fully saturated rings. The maximum atomic E-state index is 13.9. The predicted molar refractivity (Wildman–Crippen MR) is 114 cm³/mol. The molecule has 0 radical (unpaired) electrons. The molecule has 0 saturated heterocycles. The van der Waals surface area contributed by atoms with Crippen LogP contribution in [0.1, 0.15) is 49.9 Å². The second kappa shape index (κ2) is 7.23.